The molecule has 0 aliphatic carbocycles. The molecule has 0 amide bonds. The van der Waals surface area contributed by atoms with E-state index in [1.807, 2.05) is 0 Å². The van der Waals surface area contributed by atoms with Crippen LogP contribution in [0, 0.1) is 0 Å². The van der Waals surface area contributed by atoms with Crippen LogP contribution >= 0.6 is 0 Å². The number of para-hydroxylation sites is 2. The maximum absolute atomic E-state index is 5.47. The highest BCUT2D eigenvalue weighted by Gasteiger charge is 2.29. The highest BCUT2D eigenvalue weighted by molar-refractivity contribution is 6.19. The van der Waals surface area contributed by atoms with Crippen LogP contribution in [0.1, 0.15) is 58.8 Å². The van der Waals surface area contributed by atoms with Crippen molar-refractivity contribution in [1.29, 1.82) is 0 Å². The lowest BCUT2D eigenvalue weighted by Gasteiger charge is -2.33. The fourth-order valence-corrected chi connectivity index (χ4v) is 9.15. The smallest absolute Gasteiger partial charge is 0.137 e. The second-order valence-corrected chi connectivity index (χ2v) is 16.0. The van der Waals surface area contributed by atoms with Crippen LogP contribution in [0.15, 0.2) is 228 Å². The standard InChI is InChI=1S/C58H48N4/c1-3-41-20-12-7-19-39-59-56(57-55(41)51-29-17-18-30-53(51)62(57)48-25-13-6-14-26-48)50-28-16-15-27-49(50)44-33-35-45(36-34-44)52-40-54(61(2)58(60-52)47-23-10-5-11-24-47)46-37-31-43(32-38-46)42-21-8-4-9-22-42/h4-38,40-41,54H,3,39H2,1-2H3/b19-7-,20-12-,59-56?. The molecule has 0 radical (unpaired) electrons. The molecule has 300 valence electrons. The first kappa shape index (κ1) is 38.6. The Hall–Kier alpha value is -7.56. The average molecular weight is 801 g/mol. The van der Waals surface area contributed by atoms with Crippen molar-refractivity contribution < 1.29 is 0 Å². The minimum absolute atomic E-state index is 0.00468. The zero-order chi connectivity index (χ0) is 41.8. The van der Waals surface area contributed by atoms with Crippen molar-refractivity contribution in [3.63, 3.8) is 0 Å². The summed E-state index contributed by atoms with van der Waals surface area (Å²) in [4.78, 5) is 13.1. The third-order valence-electron chi connectivity index (χ3n) is 12.3. The van der Waals surface area contributed by atoms with Gasteiger partial charge in [-0.3, -0.25) is 4.99 Å². The zero-order valence-corrected chi connectivity index (χ0v) is 35.1. The van der Waals surface area contributed by atoms with Gasteiger partial charge in [-0.15, -0.1) is 0 Å². The first-order valence-electron chi connectivity index (χ1n) is 21.7. The van der Waals surface area contributed by atoms with Crippen LogP contribution in [0.25, 0.3) is 44.5 Å². The van der Waals surface area contributed by atoms with Gasteiger partial charge in [0.15, 0.2) is 0 Å². The highest BCUT2D eigenvalue weighted by atomic mass is 15.2. The number of likely N-dealkylation sites (N-methyl/N-ethyl adjacent to an activating group) is 1. The topological polar surface area (TPSA) is 32.9 Å². The first-order valence-corrected chi connectivity index (χ1v) is 21.7. The van der Waals surface area contributed by atoms with Gasteiger partial charge < -0.3 is 9.47 Å². The Balaban J connectivity index is 1.08. The van der Waals surface area contributed by atoms with Crippen molar-refractivity contribution in [1.82, 2.24) is 9.47 Å². The number of amidine groups is 1. The largest absolute Gasteiger partial charge is 0.349 e. The van der Waals surface area contributed by atoms with E-state index in [2.05, 4.69) is 242 Å². The number of hydrogen-bond donors (Lipinski definition) is 0. The molecule has 1 aromatic heterocycles. The highest BCUT2D eigenvalue weighted by Crippen LogP contribution is 2.41. The van der Waals surface area contributed by atoms with E-state index >= 15 is 0 Å². The molecule has 2 unspecified atom stereocenters. The molecule has 0 saturated carbocycles. The van der Waals surface area contributed by atoms with Gasteiger partial charge >= 0.3 is 0 Å². The maximum Gasteiger partial charge on any atom is 0.137 e. The molecule has 4 nitrogen and oxygen atoms in total. The third-order valence-corrected chi connectivity index (χ3v) is 12.3. The van der Waals surface area contributed by atoms with E-state index in [1.165, 1.54) is 33.2 Å². The van der Waals surface area contributed by atoms with Crippen LogP contribution in [-0.4, -0.2) is 34.6 Å². The second kappa shape index (κ2) is 17.2. The molecule has 10 rings (SSSR count). The summed E-state index contributed by atoms with van der Waals surface area (Å²) in [7, 11) is 2.15. The first-order chi connectivity index (χ1) is 30.7. The molecular weight excluding hydrogens is 753 g/mol. The van der Waals surface area contributed by atoms with E-state index < -0.39 is 0 Å². The molecule has 0 bridgehead atoms. The van der Waals surface area contributed by atoms with Crippen LogP contribution in [0.3, 0.4) is 0 Å². The molecule has 2 aliphatic rings. The van der Waals surface area contributed by atoms with E-state index in [0.29, 0.717) is 6.54 Å². The Morgan fingerprint density at radius 3 is 1.89 bits per heavy atom. The van der Waals surface area contributed by atoms with Gasteiger partial charge in [-0.1, -0.05) is 201 Å². The molecule has 3 heterocycles. The molecule has 0 N–H and O–H groups in total. The zero-order valence-electron chi connectivity index (χ0n) is 35.1. The number of fused-ring (bicyclic) bond motifs is 3. The lowest BCUT2D eigenvalue weighted by atomic mass is 9.88. The predicted octanol–water partition coefficient (Wildman–Crippen LogP) is 13.9. The summed E-state index contributed by atoms with van der Waals surface area (Å²) in [6.07, 6.45) is 12.1. The van der Waals surface area contributed by atoms with Gasteiger partial charge in [-0.25, -0.2) is 4.99 Å². The molecule has 7 aromatic carbocycles. The van der Waals surface area contributed by atoms with E-state index in [4.69, 9.17) is 9.98 Å². The monoisotopic (exact) mass is 800 g/mol. The fourth-order valence-electron chi connectivity index (χ4n) is 9.15. The number of allylic oxidation sites excluding steroid dienone is 3. The Labute approximate surface area is 364 Å². The summed E-state index contributed by atoms with van der Waals surface area (Å²) in [5, 5.41) is 1.26. The Bertz CT molecular complexity index is 3010. The summed E-state index contributed by atoms with van der Waals surface area (Å²) in [5.41, 5.74) is 15.9. The van der Waals surface area contributed by atoms with Gasteiger partial charge in [0.1, 0.15) is 5.84 Å². The summed E-state index contributed by atoms with van der Waals surface area (Å²) < 4.78 is 2.44. The van der Waals surface area contributed by atoms with E-state index in [0.717, 1.165) is 62.9 Å². The van der Waals surface area contributed by atoms with Crippen LogP contribution in [-0.2, 0) is 0 Å². The molecule has 62 heavy (non-hydrogen) atoms. The summed E-state index contributed by atoms with van der Waals surface area (Å²) in [6.45, 7) is 2.85. The van der Waals surface area contributed by atoms with Crippen molar-refractivity contribution in [3.05, 3.63) is 252 Å². The van der Waals surface area contributed by atoms with Crippen LogP contribution < -0.4 is 0 Å². The Kier molecular flexibility index (Phi) is 10.7. The van der Waals surface area contributed by atoms with Crippen LogP contribution in [0.5, 0.6) is 0 Å². The molecular formula is C58H48N4. The Morgan fingerprint density at radius 2 is 1.16 bits per heavy atom. The SMILES string of the molecule is CCC1/C=C\C=C/CN=C(c2ccccc2-c2ccc(C3=CC(c4ccc(-c5ccccc5)cc4)N(C)C(c4ccccc4)=N3)cc2)c2c1c1ccccc1n2-c1ccccc1. The molecule has 2 atom stereocenters. The molecule has 2 aliphatic heterocycles. The molecule has 0 spiro atoms. The van der Waals surface area contributed by atoms with Gasteiger partial charge in [-0.2, -0.15) is 0 Å². The number of nitrogens with zero attached hydrogens (tertiary/aromatic N) is 4. The van der Waals surface area contributed by atoms with Gasteiger partial charge in [0.05, 0.1) is 35.2 Å². The minimum Gasteiger partial charge on any atom is -0.349 e. The Morgan fingerprint density at radius 1 is 0.565 bits per heavy atom. The maximum atomic E-state index is 5.47. The van der Waals surface area contributed by atoms with Gasteiger partial charge in [0, 0.05) is 35.2 Å². The predicted molar refractivity (Wildman–Crippen MR) is 260 cm³/mol. The van der Waals surface area contributed by atoms with E-state index in [9.17, 15) is 0 Å². The molecule has 8 aromatic rings. The average Bonchev–Trinajstić information content (AvgIpc) is 3.68. The van der Waals surface area contributed by atoms with Crippen LogP contribution in [0.4, 0.5) is 0 Å². The lowest BCUT2D eigenvalue weighted by Crippen LogP contribution is -2.33. The van der Waals surface area contributed by atoms with Crippen molar-refractivity contribution in [2.24, 2.45) is 9.98 Å². The number of benzene rings is 7. The van der Waals surface area contributed by atoms with Crippen molar-refractivity contribution in [2.75, 3.05) is 13.6 Å². The van der Waals surface area contributed by atoms with Crippen molar-refractivity contribution in [3.8, 4) is 27.9 Å². The molecule has 0 fully saturated rings. The van der Waals surface area contributed by atoms with Crippen LogP contribution in [0.2, 0.25) is 0 Å². The normalized spacial score (nSPS) is 17.4. The van der Waals surface area contributed by atoms with Crippen molar-refractivity contribution >= 4 is 28.1 Å². The summed E-state index contributed by atoms with van der Waals surface area (Å²) >= 11 is 0. The van der Waals surface area contributed by atoms with E-state index in [1.54, 1.807) is 0 Å². The van der Waals surface area contributed by atoms with Gasteiger partial charge in [-0.05, 0) is 69.6 Å². The second-order valence-electron chi connectivity index (χ2n) is 16.0. The van der Waals surface area contributed by atoms with Crippen molar-refractivity contribution in [2.45, 2.75) is 25.3 Å². The third kappa shape index (κ3) is 7.35. The fraction of sp³-hybridized carbons (Fsp3) is 0.103. The number of rotatable bonds is 8. The van der Waals surface area contributed by atoms with Gasteiger partial charge in [0.25, 0.3) is 0 Å². The van der Waals surface area contributed by atoms with E-state index in [-0.39, 0.29) is 12.0 Å². The summed E-state index contributed by atoms with van der Waals surface area (Å²) in [6, 6.07) is 67.4. The quantitative estimate of drug-likeness (QED) is 0.151. The molecule has 0 saturated heterocycles. The number of aromatic nitrogens is 1. The summed E-state index contributed by atoms with van der Waals surface area (Å²) in [5.74, 6) is 1.15. The van der Waals surface area contributed by atoms with Gasteiger partial charge in [0.2, 0.25) is 0 Å². The number of aliphatic imine (C=N–C) groups is 2. The molecule has 4 heteroatoms. The number of hydrogen-bond acceptors (Lipinski definition) is 3. The lowest BCUT2D eigenvalue weighted by molar-refractivity contribution is 0.435. The minimum atomic E-state index is -0.00468.